The number of rotatable bonds is 3. The highest BCUT2D eigenvalue weighted by atomic mass is 16.4. The monoisotopic (exact) mass is 224 g/mol. The van der Waals surface area contributed by atoms with E-state index in [2.05, 4.69) is 26.8 Å². The Balaban J connectivity index is 1.91. The summed E-state index contributed by atoms with van der Waals surface area (Å²) in [5, 5.41) is 8.72. The highest BCUT2D eigenvalue weighted by Gasteiger charge is 2.15. The fraction of sp³-hybridized carbons (Fsp3) is 0.600. The van der Waals surface area contributed by atoms with E-state index >= 15 is 0 Å². The molecule has 0 unspecified atom stereocenters. The molecule has 1 aliphatic heterocycles. The number of hydrogen-bond acceptors (Lipinski definition) is 4. The van der Waals surface area contributed by atoms with Gasteiger partial charge in [-0.1, -0.05) is 0 Å². The van der Waals surface area contributed by atoms with E-state index in [1.54, 1.807) is 6.20 Å². The number of hydrogen-bond donors (Lipinski definition) is 2. The van der Waals surface area contributed by atoms with Crippen LogP contribution in [0.3, 0.4) is 0 Å². The lowest BCUT2D eigenvalue weighted by Crippen LogP contribution is -2.43. The maximum atomic E-state index is 10.6. The zero-order chi connectivity index (χ0) is 11.5. The molecule has 0 spiro atoms. The fourth-order valence-corrected chi connectivity index (χ4v) is 1.80. The number of aromatic amines is 1. The van der Waals surface area contributed by atoms with Gasteiger partial charge in [-0.25, -0.2) is 9.78 Å². The largest absolute Gasteiger partial charge is 0.475 e. The lowest BCUT2D eigenvalue weighted by molar-refractivity contribution is 0.0684. The van der Waals surface area contributed by atoms with Crippen LogP contribution in [0, 0.1) is 0 Å². The van der Waals surface area contributed by atoms with Crippen molar-refractivity contribution in [2.45, 2.75) is 6.54 Å². The Bertz CT molecular complexity index is 369. The summed E-state index contributed by atoms with van der Waals surface area (Å²) in [5.74, 6) is -0.992. The van der Waals surface area contributed by atoms with Gasteiger partial charge in [0.15, 0.2) is 0 Å². The van der Waals surface area contributed by atoms with Crippen molar-refractivity contribution in [2.24, 2.45) is 0 Å². The highest BCUT2D eigenvalue weighted by molar-refractivity contribution is 5.83. The number of nitrogens with zero attached hydrogens (tertiary/aromatic N) is 3. The number of aromatic nitrogens is 2. The molecule has 88 valence electrons. The number of carbonyl (C=O) groups is 1. The first-order valence-electron chi connectivity index (χ1n) is 5.33. The van der Waals surface area contributed by atoms with Crippen LogP contribution in [0.1, 0.15) is 16.3 Å². The Kier molecular flexibility index (Phi) is 3.21. The second-order valence-corrected chi connectivity index (χ2v) is 4.14. The van der Waals surface area contributed by atoms with Gasteiger partial charge in [-0.15, -0.1) is 0 Å². The number of nitrogens with one attached hydrogen (secondary N) is 1. The molecular weight excluding hydrogens is 208 g/mol. The molecule has 0 aromatic carbocycles. The Morgan fingerprint density at radius 3 is 2.75 bits per heavy atom. The number of piperazine rings is 1. The number of aromatic carboxylic acids is 1. The molecule has 1 aromatic heterocycles. The van der Waals surface area contributed by atoms with Crippen LogP contribution in [0.15, 0.2) is 6.20 Å². The van der Waals surface area contributed by atoms with Crippen molar-refractivity contribution in [3.05, 3.63) is 17.7 Å². The molecule has 0 radical (unpaired) electrons. The van der Waals surface area contributed by atoms with Crippen molar-refractivity contribution < 1.29 is 9.90 Å². The summed E-state index contributed by atoms with van der Waals surface area (Å²) in [6.45, 7) is 4.88. The molecular formula is C10H16N4O2. The lowest BCUT2D eigenvalue weighted by atomic mass is 10.3. The maximum Gasteiger partial charge on any atom is 0.371 e. The first kappa shape index (κ1) is 11.1. The summed E-state index contributed by atoms with van der Waals surface area (Å²) in [5.41, 5.74) is 0.863. The smallest absolute Gasteiger partial charge is 0.371 e. The van der Waals surface area contributed by atoms with E-state index in [-0.39, 0.29) is 5.82 Å². The summed E-state index contributed by atoms with van der Waals surface area (Å²) < 4.78 is 0. The van der Waals surface area contributed by atoms with Crippen LogP contribution in [0.5, 0.6) is 0 Å². The lowest BCUT2D eigenvalue weighted by Gasteiger charge is -2.31. The third kappa shape index (κ3) is 2.59. The zero-order valence-electron chi connectivity index (χ0n) is 9.31. The third-order valence-corrected chi connectivity index (χ3v) is 2.82. The molecule has 1 fully saturated rings. The number of carboxylic acid groups (broad SMARTS) is 1. The van der Waals surface area contributed by atoms with Crippen LogP contribution in [0.25, 0.3) is 0 Å². The molecule has 2 rings (SSSR count). The molecule has 2 heterocycles. The van der Waals surface area contributed by atoms with E-state index in [1.165, 1.54) is 0 Å². The summed E-state index contributed by atoms with van der Waals surface area (Å²) in [6, 6.07) is 0. The van der Waals surface area contributed by atoms with Crippen LogP contribution in [0.4, 0.5) is 0 Å². The predicted molar refractivity (Wildman–Crippen MR) is 58.3 cm³/mol. The molecule has 0 amide bonds. The minimum Gasteiger partial charge on any atom is -0.475 e. The van der Waals surface area contributed by atoms with Gasteiger partial charge in [-0.2, -0.15) is 0 Å². The quantitative estimate of drug-likeness (QED) is 0.747. The fourth-order valence-electron chi connectivity index (χ4n) is 1.80. The van der Waals surface area contributed by atoms with E-state index in [1.807, 2.05) is 0 Å². The maximum absolute atomic E-state index is 10.6. The van der Waals surface area contributed by atoms with Crippen molar-refractivity contribution in [3.63, 3.8) is 0 Å². The van der Waals surface area contributed by atoms with Gasteiger partial charge in [-0.05, 0) is 7.05 Å². The standard InChI is InChI=1S/C10H16N4O2/c1-13-2-4-14(5-3-13)7-8-6-11-9(12-8)10(15)16/h6H,2-5,7H2,1H3,(H,11,12)(H,15,16). The summed E-state index contributed by atoms with van der Waals surface area (Å²) in [4.78, 5) is 21.8. The van der Waals surface area contributed by atoms with Crippen LogP contribution >= 0.6 is 0 Å². The Labute approximate surface area is 93.9 Å². The van der Waals surface area contributed by atoms with Gasteiger partial charge in [0.05, 0.1) is 6.20 Å². The average molecular weight is 224 g/mol. The number of H-pyrrole nitrogens is 1. The van der Waals surface area contributed by atoms with Crippen molar-refractivity contribution in [3.8, 4) is 0 Å². The van der Waals surface area contributed by atoms with Crippen molar-refractivity contribution in [1.82, 2.24) is 19.8 Å². The first-order valence-corrected chi connectivity index (χ1v) is 5.33. The van der Waals surface area contributed by atoms with Gasteiger partial charge < -0.3 is 15.0 Å². The predicted octanol–water partition coefficient (Wildman–Crippen LogP) is -0.145. The second-order valence-electron chi connectivity index (χ2n) is 4.14. The average Bonchev–Trinajstić information content (AvgIpc) is 2.70. The SMILES string of the molecule is CN1CCN(Cc2cnc(C(=O)O)[nH]2)CC1. The summed E-state index contributed by atoms with van der Waals surface area (Å²) in [7, 11) is 2.11. The molecule has 0 saturated carbocycles. The van der Waals surface area contributed by atoms with Gasteiger partial charge >= 0.3 is 5.97 Å². The molecule has 0 atom stereocenters. The Morgan fingerprint density at radius 2 is 2.19 bits per heavy atom. The molecule has 16 heavy (non-hydrogen) atoms. The topological polar surface area (TPSA) is 72.5 Å². The molecule has 6 heteroatoms. The van der Waals surface area contributed by atoms with Crippen molar-refractivity contribution >= 4 is 5.97 Å². The third-order valence-electron chi connectivity index (χ3n) is 2.82. The van der Waals surface area contributed by atoms with Crippen LogP contribution < -0.4 is 0 Å². The Hall–Kier alpha value is -1.40. The minimum atomic E-state index is -1.01. The summed E-state index contributed by atoms with van der Waals surface area (Å²) >= 11 is 0. The van der Waals surface area contributed by atoms with Crippen LogP contribution in [-0.2, 0) is 6.54 Å². The molecule has 2 N–H and O–H groups in total. The summed E-state index contributed by atoms with van der Waals surface area (Å²) in [6.07, 6.45) is 1.60. The highest BCUT2D eigenvalue weighted by Crippen LogP contribution is 2.06. The number of imidazole rings is 1. The molecule has 0 bridgehead atoms. The second kappa shape index (κ2) is 4.63. The van der Waals surface area contributed by atoms with Crippen molar-refractivity contribution in [1.29, 1.82) is 0 Å². The molecule has 1 aliphatic rings. The normalized spacial score (nSPS) is 18.8. The van der Waals surface area contributed by atoms with E-state index in [0.29, 0.717) is 0 Å². The van der Waals surface area contributed by atoms with E-state index in [9.17, 15) is 4.79 Å². The Morgan fingerprint density at radius 1 is 1.50 bits per heavy atom. The zero-order valence-corrected chi connectivity index (χ0v) is 9.31. The van der Waals surface area contributed by atoms with Gasteiger partial charge in [0.1, 0.15) is 0 Å². The van der Waals surface area contributed by atoms with E-state index in [0.717, 1.165) is 38.4 Å². The molecule has 1 saturated heterocycles. The number of carboxylic acids is 1. The van der Waals surface area contributed by atoms with E-state index in [4.69, 9.17) is 5.11 Å². The first-order chi connectivity index (χ1) is 7.65. The molecule has 0 aliphatic carbocycles. The van der Waals surface area contributed by atoms with Gasteiger partial charge in [0.25, 0.3) is 0 Å². The molecule has 1 aromatic rings. The van der Waals surface area contributed by atoms with Crippen LogP contribution in [-0.4, -0.2) is 64.1 Å². The van der Waals surface area contributed by atoms with Crippen LogP contribution in [0.2, 0.25) is 0 Å². The molecule has 6 nitrogen and oxygen atoms in total. The minimum absolute atomic E-state index is 0.0177. The van der Waals surface area contributed by atoms with Gasteiger partial charge in [0, 0.05) is 38.4 Å². The number of likely N-dealkylation sites (N-methyl/N-ethyl adjacent to an activating group) is 1. The van der Waals surface area contributed by atoms with E-state index < -0.39 is 5.97 Å². The van der Waals surface area contributed by atoms with Crippen molar-refractivity contribution in [2.75, 3.05) is 33.2 Å². The van der Waals surface area contributed by atoms with Gasteiger partial charge in [0.2, 0.25) is 5.82 Å². The van der Waals surface area contributed by atoms with Gasteiger partial charge in [-0.3, -0.25) is 4.90 Å².